The van der Waals surface area contributed by atoms with E-state index in [-0.39, 0.29) is 22.9 Å². The number of non-ortho nitro benzene ring substituents is 1. The molecule has 0 radical (unpaired) electrons. The number of amides is 1. The van der Waals surface area contributed by atoms with E-state index in [1.54, 1.807) is 6.92 Å². The zero-order chi connectivity index (χ0) is 20.6. The maximum absolute atomic E-state index is 12.2. The number of nitrogens with one attached hydrogen (secondary N) is 1. The molecule has 0 aromatic heterocycles. The van der Waals surface area contributed by atoms with Crippen LogP contribution in [0.2, 0.25) is 0 Å². The Balaban J connectivity index is 2.81. The average molecular weight is 382 g/mol. The summed E-state index contributed by atoms with van der Waals surface area (Å²) in [7, 11) is 2.50. The summed E-state index contributed by atoms with van der Waals surface area (Å²) in [5, 5.41) is 13.3. The van der Waals surface area contributed by atoms with Crippen LogP contribution in [0.5, 0.6) is 5.75 Å². The normalized spacial score (nSPS) is 12.4. The number of rotatable bonds is 9. The van der Waals surface area contributed by atoms with Crippen LogP contribution in [-0.2, 0) is 19.1 Å². The highest BCUT2D eigenvalue weighted by Crippen LogP contribution is 2.24. The van der Waals surface area contributed by atoms with E-state index in [2.05, 4.69) is 10.1 Å². The van der Waals surface area contributed by atoms with Crippen molar-refractivity contribution in [2.45, 2.75) is 26.3 Å². The van der Waals surface area contributed by atoms with Crippen LogP contribution >= 0.6 is 0 Å². The summed E-state index contributed by atoms with van der Waals surface area (Å²) in [5.41, 5.74) is -0.513. The molecule has 0 spiro atoms. The Morgan fingerprint density at radius 1 is 1.26 bits per heavy atom. The van der Waals surface area contributed by atoms with Gasteiger partial charge in [-0.05, 0) is 12.0 Å². The fourth-order valence-electron chi connectivity index (χ4n) is 2.19. The van der Waals surface area contributed by atoms with E-state index in [1.165, 1.54) is 26.4 Å². The number of ether oxygens (including phenoxy) is 3. The van der Waals surface area contributed by atoms with Gasteiger partial charge in [-0.3, -0.25) is 14.9 Å². The Morgan fingerprint density at radius 3 is 2.44 bits per heavy atom. The van der Waals surface area contributed by atoms with Crippen molar-refractivity contribution in [2.75, 3.05) is 20.8 Å². The molecular weight excluding hydrogens is 360 g/mol. The van der Waals surface area contributed by atoms with Crippen LogP contribution in [0.3, 0.4) is 0 Å². The number of methoxy groups -OCH3 is 2. The monoisotopic (exact) mass is 382 g/mol. The first kappa shape index (κ1) is 21.9. The molecule has 0 aliphatic rings. The van der Waals surface area contributed by atoms with E-state index in [9.17, 15) is 24.5 Å². The molecule has 0 fully saturated rings. The molecule has 0 saturated carbocycles. The van der Waals surface area contributed by atoms with Gasteiger partial charge >= 0.3 is 11.9 Å². The smallest absolute Gasteiger partial charge is 0.342 e. The summed E-state index contributed by atoms with van der Waals surface area (Å²) < 4.78 is 14.5. The van der Waals surface area contributed by atoms with E-state index >= 15 is 0 Å². The quantitative estimate of drug-likeness (QED) is 0.385. The standard InChI is InChI=1S/C17H22N2O8/c1-5-10(2)15(17(22)26-4)18-14(20)9-27-16(21)12-8-11(19(23)24)6-7-13(12)25-3/h6-8,10,15H,5,9H2,1-4H3,(H,18,20)/t10-,15+/m0/s1. The Bertz CT molecular complexity index is 719. The van der Waals surface area contributed by atoms with Gasteiger partial charge in [0.25, 0.3) is 11.6 Å². The summed E-state index contributed by atoms with van der Waals surface area (Å²) in [6, 6.07) is 2.55. The van der Waals surface area contributed by atoms with Crippen LogP contribution in [-0.4, -0.2) is 49.6 Å². The fraction of sp³-hybridized carbons (Fsp3) is 0.471. The van der Waals surface area contributed by atoms with Gasteiger partial charge < -0.3 is 19.5 Å². The van der Waals surface area contributed by atoms with Crippen molar-refractivity contribution in [3.05, 3.63) is 33.9 Å². The van der Waals surface area contributed by atoms with Crippen LogP contribution in [0.4, 0.5) is 5.69 Å². The van der Waals surface area contributed by atoms with Gasteiger partial charge in [0.05, 0.1) is 19.1 Å². The molecule has 1 N–H and O–H groups in total. The molecule has 0 bridgehead atoms. The number of carbonyl (C=O) groups excluding carboxylic acids is 3. The Labute approximate surface area is 155 Å². The zero-order valence-electron chi connectivity index (χ0n) is 15.5. The first-order chi connectivity index (χ1) is 12.7. The molecule has 10 heteroatoms. The van der Waals surface area contributed by atoms with Crippen molar-refractivity contribution in [1.29, 1.82) is 0 Å². The lowest BCUT2D eigenvalue weighted by Gasteiger charge is -2.21. The second-order valence-corrected chi connectivity index (χ2v) is 5.67. The minimum Gasteiger partial charge on any atom is -0.496 e. The minimum absolute atomic E-state index is 0.0676. The fourth-order valence-corrected chi connectivity index (χ4v) is 2.19. The van der Waals surface area contributed by atoms with E-state index in [4.69, 9.17) is 9.47 Å². The molecule has 27 heavy (non-hydrogen) atoms. The van der Waals surface area contributed by atoms with Crippen LogP contribution in [0.25, 0.3) is 0 Å². The number of esters is 2. The van der Waals surface area contributed by atoms with Gasteiger partial charge in [-0.1, -0.05) is 20.3 Å². The van der Waals surface area contributed by atoms with Crippen molar-refractivity contribution in [1.82, 2.24) is 5.32 Å². The third-order valence-electron chi connectivity index (χ3n) is 3.93. The largest absolute Gasteiger partial charge is 0.496 e. The molecule has 2 atom stereocenters. The minimum atomic E-state index is -0.969. The van der Waals surface area contributed by atoms with Crippen molar-refractivity contribution in [3.63, 3.8) is 0 Å². The topological polar surface area (TPSA) is 134 Å². The van der Waals surface area contributed by atoms with Crippen molar-refractivity contribution >= 4 is 23.5 Å². The first-order valence-electron chi connectivity index (χ1n) is 8.11. The Hall–Kier alpha value is -3.17. The molecule has 148 valence electrons. The molecule has 10 nitrogen and oxygen atoms in total. The molecular formula is C17H22N2O8. The summed E-state index contributed by atoms with van der Waals surface area (Å²) >= 11 is 0. The number of nitro benzene ring substituents is 1. The van der Waals surface area contributed by atoms with Crippen LogP contribution in [0, 0.1) is 16.0 Å². The van der Waals surface area contributed by atoms with Crippen molar-refractivity contribution in [2.24, 2.45) is 5.92 Å². The lowest BCUT2D eigenvalue weighted by molar-refractivity contribution is -0.384. The van der Waals surface area contributed by atoms with Gasteiger partial charge in [-0.25, -0.2) is 9.59 Å². The van der Waals surface area contributed by atoms with E-state index in [1.807, 2.05) is 6.92 Å². The number of carbonyl (C=O) groups is 3. The van der Waals surface area contributed by atoms with Crippen LogP contribution in [0.1, 0.15) is 30.6 Å². The highest BCUT2D eigenvalue weighted by atomic mass is 16.6. The molecule has 1 aromatic carbocycles. The van der Waals surface area contributed by atoms with Crippen LogP contribution < -0.4 is 10.1 Å². The highest BCUT2D eigenvalue weighted by Gasteiger charge is 2.27. The van der Waals surface area contributed by atoms with Gasteiger partial charge in [0, 0.05) is 12.1 Å². The molecule has 0 aliphatic carbocycles. The summed E-state index contributed by atoms with van der Waals surface area (Å²) in [4.78, 5) is 46.1. The SMILES string of the molecule is CC[C@H](C)[C@@H](NC(=O)COC(=O)c1cc([N+](=O)[O-])ccc1OC)C(=O)OC. The number of benzene rings is 1. The lowest BCUT2D eigenvalue weighted by Crippen LogP contribution is -2.47. The predicted octanol–water partition coefficient (Wildman–Crippen LogP) is 1.46. The molecule has 1 aromatic rings. The zero-order valence-corrected chi connectivity index (χ0v) is 15.5. The van der Waals surface area contributed by atoms with Crippen molar-refractivity contribution in [3.8, 4) is 5.75 Å². The Kier molecular flexibility index (Phi) is 8.18. The molecule has 0 saturated heterocycles. The molecule has 0 heterocycles. The number of hydrogen-bond donors (Lipinski definition) is 1. The maximum Gasteiger partial charge on any atom is 0.342 e. The van der Waals surface area contributed by atoms with Crippen LogP contribution in [0.15, 0.2) is 18.2 Å². The summed E-state index contributed by atoms with van der Waals surface area (Å²) in [6.45, 7) is 2.94. The molecule has 0 unspecified atom stereocenters. The molecule has 1 amide bonds. The first-order valence-corrected chi connectivity index (χ1v) is 8.11. The van der Waals surface area contributed by atoms with Gasteiger partial charge in [0.15, 0.2) is 6.61 Å². The Morgan fingerprint density at radius 2 is 1.93 bits per heavy atom. The summed E-state index contributed by atoms with van der Waals surface area (Å²) in [6.07, 6.45) is 0.616. The van der Waals surface area contributed by atoms with Gasteiger partial charge in [-0.15, -0.1) is 0 Å². The average Bonchev–Trinajstić information content (AvgIpc) is 2.68. The van der Waals surface area contributed by atoms with E-state index in [0.717, 1.165) is 6.07 Å². The second-order valence-electron chi connectivity index (χ2n) is 5.67. The second kappa shape index (κ2) is 10.1. The molecule has 0 aliphatic heterocycles. The van der Waals surface area contributed by atoms with E-state index in [0.29, 0.717) is 6.42 Å². The van der Waals surface area contributed by atoms with Gasteiger partial charge in [0.2, 0.25) is 0 Å². The van der Waals surface area contributed by atoms with Gasteiger partial charge in [-0.2, -0.15) is 0 Å². The highest BCUT2D eigenvalue weighted by molar-refractivity contribution is 5.95. The third-order valence-corrected chi connectivity index (χ3v) is 3.93. The number of nitrogens with zero attached hydrogens (tertiary/aromatic N) is 1. The lowest BCUT2D eigenvalue weighted by atomic mass is 9.99. The number of nitro groups is 1. The van der Waals surface area contributed by atoms with E-state index < -0.39 is 35.4 Å². The maximum atomic E-state index is 12.2. The third kappa shape index (κ3) is 5.94. The molecule has 1 rings (SSSR count). The predicted molar refractivity (Wildman–Crippen MR) is 93.3 cm³/mol. The number of hydrogen-bond acceptors (Lipinski definition) is 8. The van der Waals surface area contributed by atoms with Gasteiger partial charge in [0.1, 0.15) is 17.4 Å². The van der Waals surface area contributed by atoms with Crippen molar-refractivity contribution < 1.29 is 33.5 Å². The summed E-state index contributed by atoms with van der Waals surface area (Å²) in [5.74, 6) is -2.40.